The molecule has 0 unspecified atom stereocenters. The molecule has 138 valence electrons. The van der Waals surface area contributed by atoms with Crippen molar-refractivity contribution in [1.82, 2.24) is 15.5 Å². The SMILES string of the molecule is COc1cccc(/C=C/C(=O)NCc2nc(-c3ccccc3)no2)c1OC. The highest BCUT2D eigenvalue weighted by atomic mass is 16.5. The molecule has 0 fully saturated rings. The highest BCUT2D eigenvalue weighted by Crippen LogP contribution is 2.31. The maximum Gasteiger partial charge on any atom is 0.246 e. The predicted octanol–water partition coefficient (Wildman–Crippen LogP) is 3.08. The van der Waals surface area contributed by atoms with Crippen molar-refractivity contribution in [2.24, 2.45) is 0 Å². The van der Waals surface area contributed by atoms with Crippen LogP contribution in [0.15, 0.2) is 59.1 Å². The first-order chi connectivity index (χ1) is 13.2. The fourth-order valence-corrected chi connectivity index (χ4v) is 2.46. The van der Waals surface area contributed by atoms with Crippen molar-refractivity contribution in [2.45, 2.75) is 6.54 Å². The molecule has 0 atom stereocenters. The smallest absolute Gasteiger partial charge is 0.246 e. The largest absolute Gasteiger partial charge is 0.493 e. The molecule has 1 aromatic heterocycles. The molecule has 7 heteroatoms. The zero-order valence-electron chi connectivity index (χ0n) is 15.0. The van der Waals surface area contributed by atoms with Gasteiger partial charge < -0.3 is 19.3 Å². The number of nitrogens with one attached hydrogen (secondary N) is 1. The topological polar surface area (TPSA) is 86.5 Å². The van der Waals surface area contributed by atoms with Gasteiger partial charge in [0.25, 0.3) is 0 Å². The fourth-order valence-electron chi connectivity index (χ4n) is 2.46. The summed E-state index contributed by atoms with van der Waals surface area (Å²) in [6, 6.07) is 14.9. The third-order valence-electron chi connectivity index (χ3n) is 3.76. The summed E-state index contributed by atoms with van der Waals surface area (Å²) in [5.41, 5.74) is 1.58. The molecule has 0 saturated heterocycles. The second-order valence-electron chi connectivity index (χ2n) is 5.51. The molecule has 0 aliphatic heterocycles. The van der Waals surface area contributed by atoms with Crippen LogP contribution in [0, 0.1) is 0 Å². The summed E-state index contributed by atoms with van der Waals surface area (Å²) >= 11 is 0. The van der Waals surface area contributed by atoms with E-state index in [0.29, 0.717) is 23.2 Å². The standard InChI is InChI=1S/C20H19N3O4/c1-25-16-10-6-9-14(19(16)26-2)11-12-17(24)21-13-18-22-20(23-27-18)15-7-4-3-5-8-15/h3-12H,13H2,1-2H3,(H,21,24)/b12-11+. The maximum atomic E-state index is 12.1. The molecule has 1 amide bonds. The van der Waals surface area contributed by atoms with Crippen LogP contribution in [0.25, 0.3) is 17.5 Å². The van der Waals surface area contributed by atoms with E-state index in [9.17, 15) is 4.79 Å². The molecule has 0 aliphatic rings. The molecule has 0 radical (unpaired) electrons. The van der Waals surface area contributed by atoms with Gasteiger partial charge in [-0.15, -0.1) is 0 Å². The molecule has 2 aromatic carbocycles. The zero-order valence-corrected chi connectivity index (χ0v) is 15.0. The van der Waals surface area contributed by atoms with E-state index in [1.54, 1.807) is 26.4 Å². The number of hydrogen-bond donors (Lipinski definition) is 1. The van der Waals surface area contributed by atoms with Gasteiger partial charge in [0.2, 0.25) is 17.6 Å². The van der Waals surface area contributed by atoms with E-state index in [2.05, 4.69) is 15.5 Å². The number of carbonyl (C=O) groups excluding carboxylic acids is 1. The quantitative estimate of drug-likeness (QED) is 0.648. The lowest BCUT2D eigenvalue weighted by atomic mass is 10.1. The fraction of sp³-hybridized carbons (Fsp3) is 0.150. The molecular weight excluding hydrogens is 346 g/mol. The average Bonchev–Trinajstić information content (AvgIpc) is 3.20. The molecular formula is C20H19N3O4. The Kier molecular flexibility index (Phi) is 5.84. The van der Waals surface area contributed by atoms with Crippen LogP contribution >= 0.6 is 0 Å². The number of carbonyl (C=O) groups is 1. The summed E-state index contributed by atoms with van der Waals surface area (Å²) in [7, 11) is 3.11. The van der Waals surface area contributed by atoms with Gasteiger partial charge in [-0.1, -0.05) is 47.6 Å². The van der Waals surface area contributed by atoms with Crippen LogP contribution in [0.5, 0.6) is 11.5 Å². The van der Waals surface area contributed by atoms with Crippen molar-refractivity contribution >= 4 is 12.0 Å². The van der Waals surface area contributed by atoms with E-state index in [0.717, 1.165) is 11.1 Å². The van der Waals surface area contributed by atoms with Gasteiger partial charge in [0.1, 0.15) is 0 Å². The Morgan fingerprint density at radius 2 is 1.93 bits per heavy atom. The summed E-state index contributed by atoms with van der Waals surface area (Å²) in [6.07, 6.45) is 3.06. The van der Waals surface area contributed by atoms with Crippen LogP contribution in [0.2, 0.25) is 0 Å². The van der Waals surface area contributed by atoms with Gasteiger partial charge in [0, 0.05) is 17.2 Å². The van der Waals surface area contributed by atoms with Crippen LogP contribution in [-0.4, -0.2) is 30.3 Å². The van der Waals surface area contributed by atoms with Gasteiger partial charge >= 0.3 is 0 Å². The monoisotopic (exact) mass is 365 g/mol. The Hall–Kier alpha value is -3.61. The van der Waals surface area contributed by atoms with Crippen LogP contribution in [0.3, 0.4) is 0 Å². The minimum absolute atomic E-state index is 0.137. The van der Waals surface area contributed by atoms with Crippen molar-refractivity contribution in [2.75, 3.05) is 14.2 Å². The lowest BCUT2D eigenvalue weighted by molar-refractivity contribution is -0.116. The number of nitrogens with zero attached hydrogens (tertiary/aromatic N) is 2. The van der Waals surface area contributed by atoms with Crippen LogP contribution < -0.4 is 14.8 Å². The minimum atomic E-state index is -0.292. The van der Waals surface area contributed by atoms with Crippen molar-refractivity contribution in [3.63, 3.8) is 0 Å². The number of benzene rings is 2. The first-order valence-corrected chi connectivity index (χ1v) is 8.26. The molecule has 0 bridgehead atoms. The molecule has 7 nitrogen and oxygen atoms in total. The highest BCUT2D eigenvalue weighted by Gasteiger charge is 2.10. The average molecular weight is 365 g/mol. The van der Waals surface area contributed by atoms with Crippen molar-refractivity contribution in [3.05, 3.63) is 66.1 Å². The Balaban J connectivity index is 1.61. The summed E-state index contributed by atoms with van der Waals surface area (Å²) < 4.78 is 15.7. The van der Waals surface area contributed by atoms with Gasteiger partial charge in [-0.25, -0.2) is 0 Å². The van der Waals surface area contributed by atoms with Gasteiger partial charge in [-0.2, -0.15) is 4.98 Å². The molecule has 3 aromatic rings. The van der Waals surface area contributed by atoms with E-state index in [-0.39, 0.29) is 12.5 Å². The first-order valence-electron chi connectivity index (χ1n) is 8.26. The molecule has 1 N–H and O–H groups in total. The third kappa shape index (κ3) is 4.52. The second-order valence-corrected chi connectivity index (χ2v) is 5.51. The van der Waals surface area contributed by atoms with E-state index in [4.69, 9.17) is 14.0 Å². The number of para-hydroxylation sites is 1. The van der Waals surface area contributed by atoms with Gasteiger partial charge in [-0.05, 0) is 12.1 Å². The summed E-state index contributed by atoms with van der Waals surface area (Å²) in [5, 5.41) is 6.62. The van der Waals surface area contributed by atoms with E-state index >= 15 is 0 Å². The lowest BCUT2D eigenvalue weighted by Gasteiger charge is -2.09. The molecule has 3 rings (SSSR count). The van der Waals surface area contributed by atoms with Crippen molar-refractivity contribution in [3.8, 4) is 22.9 Å². The highest BCUT2D eigenvalue weighted by molar-refractivity contribution is 5.92. The van der Waals surface area contributed by atoms with E-state index < -0.39 is 0 Å². The summed E-state index contributed by atoms with van der Waals surface area (Å²) in [6.45, 7) is 0.137. The molecule has 27 heavy (non-hydrogen) atoms. The number of hydrogen-bond acceptors (Lipinski definition) is 6. The van der Waals surface area contributed by atoms with Gasteiger partial charge in [0.15, 0.2) is 11.5 Å². The number of amides is 1. The van der Waals surface area contributed by atoms with Gasteiger partial charge in [-0.3, -0.25) is 4.79 Å². The van der Waals surface area contributed by atoms with Crippen LogP contribution in [0.4, 0.5) is 0 Å². The minimum Gasteiger partial charge on any atom is -0.493 e. The van der Waals surface area contributed by atoms with Crippen molar-refractivity contribution < 1.29 is 18.8 Å². The predicted molar refractivity (Wildman–Crippen MR) is 100 cm³/mol. The third-order valence-corrected chi connectivity index (χ3v) is 3.76. The second kappa shape index (κ2) is 8.66. The number of aromatic nitrogens is 2. The maximum absolute atomic E-state index is 12.1. The van der Waals surface area contributed by atoms with Crippen LogP contribution in [0.1, 0.15) is 11.5 Å². The number of methoxy groups -OCH3 is 2. The molecule has 0 aliphatic carbocycles. The molecule has 1 heterocycles. The van der Waals surface area contributed by atoms with E-state index in [1.165, 1.54) is 6.08 Å². The van der Waals surface area contributed by atoms with Crippen LogP contribution in [-0.2, 0) is 11.3 Å². The normalized spacial score (nSPS) is 10.7. The molecule has 0 spiro atoms. The summed E-state index contributed by atoms with van der Waals surface area (Å²) in [5.74, 6) is 1.68. The Bertz CT molecular complexity index is 935. The number of ether oxygens (including phenoxy) is 2. The first kappa shape index (κ1) is 18.2. The Morgan fingerprint density at radius 1 is 1.11 bits per heavy atom. The Morgan fingerprint density at radius 3 is 2.67 bits per heavy atom. The summed E-state index contributed by atoms with van der Waals surface area (Å²) in [4.78, 5) is 16.3. The number of rotatable bonds is 7. The van der Waals surface area contributed by atoms with E-state index in [1.807, 2.05) is 42.5 Å². The van der Waals surface area contributed by atoms with Gasteiger partial charge in [0.05, 0.1) is 20.8 Å². The zero-order chi connectivity index (χ0) is 19.1. The van der Waals surface area contributed by atoms with Crippen molar-refractivity contribution in [1.29, 1.82) is 0 Å². The lowest BCUT2D eigenvalue weighted by Crippen LogP contribution is -2.20. The Labute approximate surface area is 156 Å². The molecule has 0 saturated carbocycles.